The fourth-order valence-corrected chi connectivity index (χ4v) is 9.58. The maximum Gasteiger partial charge on any atom is 0.159 e. The first-order valence-electron chi connectivity index (χ1n) is 20.8. The average molecular weight is 786 g/mol. The second-order valence-electron chi connectivity index (χ2n) is 15.6. The van der Waals surface area contributed by atoms with Gasteiger partial charge in [0.05, 0.1) is 39.0 Å². The Morgan fingerprint density at radius 1 is 0.492 bits per heavy atom. The molecule has 0 radical (unpaired) electrons. The molecule has 4 heterocycles. The van der Waals surface area contributed by atoms with Crippen molar-refractivity contribution < 1.29 is 8.83 Å². The van der Waals surface area contributed by atoms with Gasteiger partial charge in [-0.1, -0.05) is 121 Å². The molecular weight excluding hydrogens is 747 g/mol. The van der Waals surface area contributed by atoms with Gasteiger partial charge in [-0.2, -0.15) is 0 Å². The molecule has 290 valence electrons. The van der Waals surface area contributed by atoms with E-state index < -0.39 is 0 Å². The third-order valence-corrected chi connectivity index (χ3v) is 12.3. The maximum atomic E-state index is 7.19. The van der Waals surface area contributed by atoms with Crippen molar-refractivity contribution in [3.8, 4) is 16.8 Å². The second-order valence-corrected chi connectivity index (χ2v) is 15.6. The van der Waals surface area contributed by atoms with E-state index in [1.165, 1.54) is 0 Å². The standard InChI is InChI=1S/C56H39N3O2/c1-3-17-46-39(38-22-10-14-27-47(38)59(46)50-28-16-25-41-40-23-12-15-29-51(40)60-54(41)50)34-35-58-45-26-13-11-24-44(45)53-49(58)33-31-43-42-30-32-48(57(2)37-20-8-5-9-21-37)52(55(42)61-56(43)53)36-18-6-4-7-19-36/h3-35H,1-2H3/b17-3-,35-34+. The van der Waals surface area contributed by atoms with Crippen LogP contribution in [-0.4, -0.2) is 16.2 Å². The van der Waals surface area contributed by atoms with Gasteiger partial charge in [0.25, 0.3) is 0 Å². The van der Waals surface area contributed by atoms with E-state index in [-0.39, 0.29) is 0 Å². The predicted octanol–water partition coefficient (Wildman–Crippen LogP) is 15.6. The van der Waals surface area contributed by atoms with Gasteiger partial charge >= 0.3 is 0 Å². The molecule has 0 atom stereocenters. The van der Waals surface area contributed by atoms with Gasteiger partial charge in [-0.05, 0) is 85.3 Å². The number of para-hydroxylation sites is 5. The van der Waals surface area contributed by atoms with Crippen LogP contribution in [0.3, 0.4) is 0 Å². The van der Waals surface area contributed by atoms with Gasteiger partial charge in [0, 0.05) is 62.4 Å². The third-order valence-electron chi connectivity index (χ3n) is 12.3. The lowest BCUT2D eigenvalue weighted by Crippen LogP contribution is -2.10. The molecule has 0 aliphatic heterocycles. The zero-order chi connectivity index (χ0) is 40.6. The van der Waals surface area contributed by atoms with Crippen LogP contribution >= 0.6 is 0 Å². The predicted molar refractivity (Wildman–Crippen MR) is 257 cm³/mol. The Morgan fingerprint density at radius 3 is 1.97 bits per heavy atom. The molecular formula is C56H39N3O2. The fourth-order valence-electron chi connectivity index (χ4n) is 9.58. The van der Waals surface area contributed by atoms with Gasteiger partial charge in [0.15, 0.2) is 5.58 Å². The Labute approximate surface area is 351 Å². The highest BCUT2D eigenvalue weighted by atomic mass is 16.3. The van der Waals surface area contributed by atoms with Crippen LogP contribution in [-0.2, 0) is 0 Å². The zero-order valence-corrected chi connectivity index (χ0v) is 33.7. The minimum absolute atomic E-state index is 0.872. The summed E-state index contributed by atoms with van der Waals surface area (Å²) in [4.78, 5) is 2.25. The Morgan fingerprint density at radius 2 is 1.15 bits per heavy atom. The summed E-state index contributed by atoms with van der Waals surface area (Å²) in [5, 5.41) is 7.80. The monoisotopic (exact) mass is 785 g/mol. The minimum Gasteiger partial charge on any atom is -0.455 e. The number of aromatic nitrogens is 2. The third kappa shape index (κ3) is 5.27. The van der Waals surface area contributed by atoms with E-state index in [0.717, 1.165) is 116 Å². The van der Waals surface area contributed by atoms with E-state index in [2.05, 4.69) is 216 Å². The molecule has 0 amide bonds. The van der Waals surface area contributed by atoms with E-state index in [1.54, 1.807) is 0 Å². The van der Waals surface area contributed by atoms with Crippen LogP contribution in [0.25, 0.3) is 112 Å². The van der Waals surface area contributed by atoms with Crippen LogP contribution < -0.4 is 4.90 Å². The largest absolute Gasteiger partial charge is 0.455 e. The van der Waals surface area contributed by atoms with Crippen molar-refractivity contribution in [3.63, 3.8) is 0 Å². The highest BCUT2D eigenvalue weighted by molar-refractivity contribution is 6.25. The van der Waals surface area contributed by atoms with E-state index in [0.29, 0.717) is 0 Å². The van der Waals surface area contributed by atoms with Gasteiger partial charge in [-0.25, -0.2) is 0 Å². The first-order chi connectivity index (χ1) is 30.2. The van der Waals surface area contributed by atoms with E-state index >= 15 is 0 Å². The number of benzene rings is 8. The van der Waals surface area contributed by atoms with Crippen LogP contribution in [0, 0.1) is 0 Å². The molecule has 0 unspecified atom stereocenters. The average Bonchev–Trinajstić information content (AvgIpc) is 4.06. The van der Waals surface area contributed by atoms with Crippen molar-refractivity contribution in [1.82, 2.24) is 9.13 Å². The summed E-state index contributed by atoms with van der Waals surface area (Å²) in [5.41, 5.74) is 14.4. The fraction of sp³-hybridized carbons (Fsp3) is 0.0357. The Kier molecular flexibility index (Phi) is 7.91. The lowest BCUT2D eigenvalue weighted by molar-refractivity contribution is 0.666. The quantitative estimate of drug-likeness (QED) is 0.162. The molecule has 0 spiro atoms. The summed E-state index contributed by atoms with van der Waals surface area (Å²) in [5.74, 6) is 0. The molecule has 0 fully saturated rings. The molecule has 5 heteroatoms. The molecule has 12 rings (SSSR count). The first kappa shape index (κ1) is 35.0. The van der Waals surface area contributed by atoms with Gasteiger partial charge in [0.1, 0.15) is 16.7 Å². The number of anilines is 2. The normalized spacial score (nSPS) is 12.3. The first-order valence-corrected chi connectivity index (χ1v) is 20.8. The molecule has 0 bridgehead atoms. The molecule has 0 saturated heterocycles. The molecule has 0 saturated carbocycles. The summed E-state index contributed by atoms with van der Waals surface area (Å²) < 4.78 is 18.4. The van der Waals surface area contributed by atoms with Gasteiger partial charge in [0.2, 0.25) is 0 Å². The van der Waals surface area contributed by atoms with Crippen LogP contribution in [0.2, 0.25) is 0 Å². The van der Waals surface area contributed by atoms with Crippen LogP contribution in [0.1, 0.15) is 18.2 Å². The van der Waals surface area contributed by atoms with Crippen molar-refractivity contribution >= 4 is 106 Å². The smallest absolute Gasteiger partial charge is 0.159 e. The molecule has 0 N–H and O–H groups in total. The van der Waals surface area contributed by atoms with E-state index in [4.69, 9.17) is 8.83 Å². The topological polar surface area (TPSA) is 39.4 Å². The molecule has 61 heavy (non-hydrogen) atoms. The number of furan rings is 2. The minimum atomic E-state index is 0.872. The Balaban J connectivity index is 1.08. The van der Waals surface area contributed by atoms with Gasteiger partial charge in [-0.3, -0.25) is 0 Å². The number of allylic oxidation sites excluding steroid dienone is 1. The number of rotatable bonds is 7. The molecule has 0 aliphatic carbocycles. The highest BCUT2D eigenvalue weighted by Gasteiger charge is 2.23. The molecule has 4 aromatic heterocycles. The van der Waals surface area contributed by atoms with Gasteiger partial charge < -0.3 is 22.9 Å². The molecule has 5 nitrogen and oxygen atoms in total. The summed E-state index contributed by atoms with van der Waals surface area (Å²) in [6.07, 6.45) is 8.81. The summed E-state index contributed by atoms with van der Waals surface area (Å²) in [6, 6.07) is 62.1. The second kappa shape index (κ2) is 13.8. The van der Waals surface area contributed by atoms with Crippen molar-refractivity contribution in [2.75, 3.05) is 11.9 Å². The summed E-state index contributed by atoms with van der Waals surface area (Å²) in [7, 11) is 2.13. The van der Waals surface area contributed by atoms with Crippen LogP contribution in [0.4, 0.5) is 11.4 Å². The molecule has 12 aromatic rings. The Hall–Kier alpha value is -8.02. The highest BCUT2D eigenvalue weighted by Crippen LogP contribution is 2.46. The molecule has 0 aliphatic rings. The van der Waals surface area contributed by atoms with Gasteiger partial charge in [-0.15, -0.1) is 0 Å². The van der Waals surface area contributed by atoms with Crippen LogP contribution in [0.15, 0.2) is 191 Å². The Bertz CT molecular complexity index is 3730. The lowest BCUT2D eigenvalue weighted by atomic mass is 9.99. The zero-order valence-electron chi connectivity index (χ0n) is 33.7. The number of hydrogen-bond acceptors (Lipinski definition) is 3. The van der Waals surface area contributed by atoms with Crippen molar-refractivity contribution in [3.05, 3.63) is 193 Å². The van der Waals surface area contributed by atoms with E-state index in [1.807, 2.05) is 12.1 Å². The van der Waals surface area contributed by atoms with Crippen molar-refractivity contribution in [1.29, 1.82) is 0 Å². The SMILES string of the molecule is C/C=C\c1c(/C=C/n2c3ccccc3c3c4oc5c(-c6ccccc6)c(N(C)c6ccccc6)ccc5c4ccc32)c2ccccc2n1-c1cccc2c1oc1ccccc12. The van der Waals surface area contributed by atoms with Crippen LogP contribution in [0.5, 0.6) is 0 Å². The summed E-state index contributed by atoms with van der Waals surface area (Å²) >= 11 is 0. The van der Waals surface area contributed by atoms with Crippen molar-refractivity contribution in [2.45, 2.75) is 6.92 Å². The number of nitrogens with zero attached hydrogens (tertiary/aromatic N) is 3. The summed E-state index contributed by atoms with van der Waals surface area (Å²) in [6.45, 7) is 2.08. The number of hydrogen-bond donors (Lipinski definition) is 0. The lowest BCUT2D eigenvalue weighted by Gasteiger charge is -2.23. The van der Waals surface area contributed by atoms with Crippen molar-refractivity contribution in [2.24, 2.45) is 0 Å². The number of fused-ring (bicyclic) bond motifs is 11. The maximum absolute atomic E-state index is 7.19. The molecule has 8 aromatic carbocycles. The van der Waals surface area contributed by atoms with E-state index in [9.17, 15) is 0 Å².